The van der Waals surface area contributed by atoms with Gasteiger partial charge in [0.15, 0.2) is 0 Å². The van der Waals surface area contributed by atoms with Crippen LogP contribution in [0.25, 0.3) is 0 Å². The summed E-state index contributed by atoms with van der Waals surface area (Å²) in [5.41, 5.74) is -6.47. The largest absolute Gasteiger partial charge is 0.496 e. The topological polar surface area (TPSA) is 88.5 Å². The van der Waals surface area contributed by atoms with E-state index in [0.717, 1.165) is 32.1 Å². The van der Waals surface area contributed by atoms with Crippen LogP contribution < -0.4 is 10.1 Å². The highest BCUT2D eigenvalue weighted by Crippen LogP contribution is 2.52. The minimum atomic E-state index is -6.08. The predicted molar refractivity (Wildman–Crippen MR) is 117 cm³/mol. The number of rotatable bonds is 8. The van der Waals surface area contributed by atoms with E-state index >= 15 is 0 Å². The molecule has 1 aliphatic rings. The third kappa shape index (κ3) is 5.72. The molecule has 1 fully saturated rings. The molecule has 1 aromatic heterocycles. The number of anilines is 1. The first-order valence-corrected chi connectivity index (χ1v) is 12.1. The summed E-state index contributed by atoms with van der Waals surface area (Å²) in [4.78, 5) is 16.5. The first-order valence-electron chi connectivity index (χ1n) is 10.2. The number of alkyl halides is 6. The van der Waals surface area contributed by atoms with Gasteiger partial charge >= 0.3 is 12.4 Å². The zero-order chi connectivity index (χ0) is 26.2. The summed E-state index contributed by atoms with van der Waals surface area (Å²) in [5, 5.41) is 12.3. The van der Waals surface area contributed by atoms with Crippen LogP contribution in [0.5, 0.6) is 5.75 Å². The fraction of sp³-hybridized carbons (Fsp3) is 0.409. The van der Waals surface area contributed by atoms with Crippen molar-refractivity contribution in [3.63, 3.8) is 0 Å². The summed E-state index contributed by atoms with van der Waals surface area (Å²) in [7, 11) is -1.71. The average Bonchev–Trinajstić information content (AvgIpc) is 3.55. The molecule has 0 saturated heterocycles. The number of halogens is 6. The van der Waals surface area contributed by atoms with Crippen molar-refractivity contribution in [3.05, 3.63) is 47.7 Å². The molecule has 1 aliphatic carbocycles. The van der Waals surface area contributed by atoms with Gasteiger partial charge < -0.3 is 15.2 Å². The van der Waals surface area contributed by atoms with Gasteiger partial charge in [0, 0.05) is 38.8 Å². The van der Waals surface area contributed by atoms with E-state index in [2.05, 4.69) is 20.9 Å². The van der Waals surface area contributed by atoms with Crippen molar-refractivity contribution in [2.75, 3.05) is 18.2 Å². The highest BCUT2D eigenvalue weighted by atomic mass is 32.2. The molecule has 1 saturated carbocycles. The molecule has 1 heterocycles. The quantitative estimate of drug-likeness (QED) is 0.402. The lowest BCUT2D eigenvalue weighted by Crippen LogP contribution is -2.54. The van der Waals surface area contributed by atoms with E-state index in [-0.39, 0.29) is 12.1 Å². The van der Waals surface area contributed by atoms with E-state index in [4.69, 9.17) is 0 Å². The van der Waals surface area contributed by atoms with Crippen molar-refractivity contribution in [1.82, 2.24) is 4.98 Å². The molecule has 0 radical (unpaired) electrons. The number of benzene rings is 1. The number of nitrogens with one attached hydrogen (secondary N) is 1. The fourth-order valence-corrected chi connectivity index (χ4v) is 5.24. The highest BCUT2D eigenvalue weighted by molar-refractivity contribution is 8.00. The van der Waals surface area contributed by atoms with Crippen molar-refractivity contribution in [2.24, 2.45) is 5.92 Å². The lowest BCUT2D eigenvalue weighted by atomic mass is 9.91. The lowest BCUT2D eigenvalue weighted by molar-refractivity contribution is -0.376. The molecule has 1 aromatic carbocycles. The summed E-state index contributed by atoms with van der Waals surface area (Å²) in [6, 6.07) is 4.96. The zero-order valence-corrected chi connectivity index (χ0v) is 19.2. The van der Waals surface area contributed by atoms with Crippen LogP contribution in [0, 0.1) is 5.92 Å². The second-order valence-electron chi connectivity index (χ2n) is 8.27. The number of amides is 1. The Hall–Kier alpha value is -2.80. The molecule has 13 heteroatoms. The Morgan fingerprint density at radius 2 is 1.80 bits per heavy atom. The zero-order valence-electron chi connectivity index (χ0n) is 18.4. The van der Waals surface area contributed by atoms with E-state index in [0.29, 0.717) is 28.3 Å². The van der Waals surface area contributed by atoms with Gasteiger partial charge in [-0.2, -0.15) is 26.3 Å². The van der Waals surface area contributed by atoms with Crippen molar-refractivity contribution < 1.29 is 45.2 Å². The Morgan fingerprint density at radius 3 is 2.29 bits per heavy atom. The van der Waals surface area contributed by atoms with Gasteiger partial charge in [0.1, 0.15) is 10.8 Å². The SMILES string of the molecule is C=S(=O)(CC1CC1)c1ccc(CC(=O)Nc2ccc(C(O)(C(F)(F)F)C(F)(F)F)c(OC)c2)cn1. The Labute approximate surface area is 197 Å². The maximum absolute atomic E-state index is 13.2. The average molecular weight is 524 g/mol. The fourth-order valence-electron chi connectivity index (χ4n) is 3.41. The standard InChI is InChI=1S/C22H22F6N2O4S/c1-34-17-10-15(6-7-16(17)20(32,21(23,24)25)22(26,27)28)30-18(31)9-14-5-8-19(29-11-14)35(2,33)12-13-3-4-13/h5-8,10-11,13,32H,2-4,9,12H2,1H3,(H,30,31). The maximum Gasteiger partial charge on any atom is 0.430 e. The van der Waals surface area contributed by atoms with Crippen molar-refractivity contribution in [3.8, 4) is 5.75 Å². The number of carbonyl (C=O) groups is 1. The smallest absolute Gasteiger partial charge is 0.430 e. The molecule has 0 aliphatic heterocycles. The van der Waals surface area contributed by atoms with Gasteiger partial charge in [-0.15, -0.1) is 0 Å². The monoisotopic (exact) mass is 524 g/mol. The summed E-state index contributed by atoms with van der Waals surface area (Å²) in [5.74, 6) is 2.99. The second kappa shape index (κ2) is 9.34. The van der Waals surface area contributed by atoms with Gasteiger partial charge in [-0.1, -0.05) is 6.07 Å². The summed E-state index contributed by atoms with van der Waals surface area (Å²) < 4.78 is 96.5. The van der Waals surface area contributed by atoms with Gasteiger partial charge in [0.05, 0.1) is 13.5 Å². The van der Waals surface area contributed by atoms with Crippen LogP contribution in [0.1, 0.15) is 24.0 Å². The minimum absolute atomic E-state index is 0.155. The molecule has 2 N–H and O–H groups in total. The Balaban J connectivity index is 1.75. The summed E-state index contributed by atoms with van der Waals surface area (Å²) in [6.45, 7) is 0. The number of carbonyl (C=O) groups excluding carboxylic acids is 1. The number of hydrogen-bond donors (Lipinski definition) is 2. The normalized spacial score (nSPS) is 16.5. The van der Waals surface area contributed by atoms with Crippen LogP contribution in [0.3, 0.4) is 0 Å². The molecular weight excluding hydrogens is 502 g/mol. The van der Waals surface area contributed by atoms with Crippen LogP contribution >= 0.6 is 0 Å². The van der Waals surface area contributed by atoms with Crippen molar-refractivity contribution >= 4 is 27.0 Å². The van der Waals surface area contributed by atoms with Crippen LogP contribution in [0.2, 0.25) is 0 Å². The summed E-state index contributed by atoms with van der Waals surface area (Å²) in [6.07, 6.45) is -9.04. The number of aliphatic hydroxyl groups is 1. The molecule has 1 atom stereocenters. The number of aromatic nitrogens is 1. The molecule has 0 spiro atoms. The van der Waals surface area contributed by atoms with Crippen LogP contribution in [-0.2, 0) is 26.3 Å². The van der Waals surface area contributed by atoms with E-state index < -0.39 is 44.7 Å². The van der Waals surface area contributed by atoms with E-state index in [1.807, 2.05) is 0 Å². The van der Waals surface area contributed by atoms with E-state index in [9.17, 15) is 40.5 Å². The Bertz CT molecular complexity index is 1180. The lowest BCUT2D eigenvalue weighted by Gasteiger charge is -2.33. The van der Waals surface area contributed by atoms with Crippen LogP contribution in [-0.4, -0.2) is 51.3 Å². The Morgan fingerprint density at radius 1 is 1.17 bits per heavy atom. The Kier molecular flexibility index (Phi) is 7.15. The van der Waals surface area contributed by atoms with Crippen LogP contribution in [0.15, 0.2) is 41.6 Å². The van der Waals surface area contributed by atoms with Gasteiger partial charge in [-0.25, -0.2) is 4.98 Å². The first kappa shape index (κ1) is 26.8. The van der Waals surface area contributed by atoms with Gasteiger partial charge in [-0.3, -0.25) is 9.00 Å². The predicted octanol–water partition coefficient (Wildman–Crippen LogP) is 4.07. The van der Waals surface area contributed by atoms with Gasteiger partial charge in [-0.05, 0) is 48.4 Å². The number of pyridine rings is 1. The van der Waals surface area contributed by atoms with Crippen LogP contribution in [0.4, 0.5) is 32.0 Å². The minimum Gasteiger partial charge on any atom is -0.496 e. The number of methoxy groups -OCH3 is 1. The number of ether oxygens (including phenoxy) is 1. The third-order valence-corrected chi connectivity index (χ3v) is 7.45. The van der Waals surface area contributed by atoms with Crippen molar-refractivity contribution in [1.29, 1.82) is 0 Å². The number of nitrogens with zero attached hydrogens (tertiary/aromatic N) is 1. The molecular formula is C22H22F6N2O4S. The number of hydrogen-bond acceptors (Lipinski definition) is 5. The van der Waals surface area contributed by atoms with E-state index in [1.54, 1.807) is 0 Å². The molecule has 2 aromatic rings. The third-order valence-electron chi connectivity index (χ3n) is 5.44. The van der Waals surface area contributed by atoms with Gasteiger partial charge in [0.2, 0.25) is 5.91 Å². The molecule has 6 nitrogen and oxygen atoms in total. The molecule has 35 heavy (non-hydrogen) atoms. The van der Waals surface area contributed by atoms with Crippen molar-refractivity contribution in [2.45, 2.75) is 42.2 Å². The molecule has 1 amide bonds. The molecule has 0 bridgehead atoms. The van der Waals surface area contributed by atoms with Gasteiger partial charge in [0.25, 0.3) is 5.60 Å². The molecule has 1 unspecified atom stereocenters. The van der Waals surface area contributed by atoms with E-state index in [1.165, 1.54) is 18.3 Å². The first-order chi connectivity index (χ1) is 16.1. The summed E-state index contributed by atoms with van der Waals surface area (Å²) >= 11 is 0. The molecule has 3 rings (SSSR count). The maximum atomic E-state index is 13.2. The highest BCUT2D eigenvalue weighted by Gasteiger charge is 2.72. The molecule has 192 valence electrons. The second-order valence-corrected chi connectivity index (χ2v) is 10.6.